The number of hydrogen-bond donors (Lipinski definition) is 1. The fourth-order valence-corrected chi connectivity index (χ4v) is 2.74. The van der Waals surface area contributed by atoms with Gasteiger partial charge in [0.1, 0.15) is 6.61 Å². The Hall–Kier alpha value is -1.39. The molecule has 1 saturated heterocycles. The first-order valence-corrected chi connectivity index (χ1v) is 7.80. The predicted molar refractivity (Wildman–Crippen MR) is 81.7 cm³/mol. The van der Waals surface area contributed by atoms with Crippen LogP contribution in [0.3, 0.4) is 0 Å². The SMILES string of the molecule is O=C(CCN1CCC(CCO)CC1)OCc1ccccc1. The summed E-state index contributed by atoms with van der Waals surface area (Å²) < 4.78 is 5.28. The maximum Gasteiger partial charge on any atom is 0.307 e. The van der Waals surface area contributed by atoms with Crippen LogP contribution in [0.2, 0.25) is 0 Å². The molecule has 1 N–H and O–H groups in total. The van der Waals surface area contributed by atoms with E-state index in [0.717, 1.165) is 44.5 Å². The quantitative estimate of drug-likeness (QED) is 0.783. The first kappa shape index (κ1) is 16.0. The molecule has 0 unspecified atom stereocenters. The minimum absolute atomic E-state index is 0.128. The number of ether oxygens (including phenoxy) is 1. The summed E-state index contributed by atoms with van der Waals surface area (Å²) in [5, 5.41) is 8.94. The zero-order valence-corrected chi connectivity index (χ0v) is 12.5. The molecule has 1 fully saturated rings. The van der Waals surface area contributed by atoms with E-state index in [1.165, 1.54) is 0 Å². The maximum atomic E-state index is 11.7. The highest BCUT2D eigenvalue weighted by atomic mass is 16.5. The van der Waals surface area contributed by atoms with Gasteiger partial charge in [-0.25, -0.2) is 0 Å². The third-order valence-electron chi connectivity index (χ3n) is 4.12. The van der Waals surface area contributed by atoms with Gasteiger partial charge >= 0.3 is 5.97 Å². The van der Waals surface area contributed by atoms with Crippen molar-refractivity contribution >= 4 is 5.97 Å². The molecular formula is C17H25NO3. The number of aliphatic hydroxyl groups excluding tert-OH is 1. The van der Waals surface area contributed by atoms with Gasteiger partial charge in [-0.05, 0) is 43.8 Å². The molecule has 21 heavy (non-hydrogen) atoms. The number of carbonyl (C=O) groups is 1. The Morgan fingerprint density at radius 3 is 2.62 bits per heavy atom. The molecule has 1 aliphatic rings. The fourth-order valence-electron chi connectivity index (χ4n) is 2.74. The van der Waals surface area contributed by atoms with E-state index in [0.29, 0.717) is 18.9 Å². The molecule has 4 nitrogen and oxygen atoms in total. The van der Waals surface area contributed by atoms with Crippen molar-refractivity contribution in [3.05, 3.63) is 35.9 Å². The molecule has 0 spiro atoms. The Morgan fingerprint density at radius 2 is 1.95 bits per heavy atom. The maximum absolute atomic E-state index is 11.7. The van der Waals surface area contributed by atoms with Crippen molar-refractivity contribution < 1.29 is 14.6 Å². The summed E-state index contributed by atoms with van der Waals surface area (Å²) in [6.45, 7) is 3.47. The Balaban J connectivity index is 1.59. The Kier molecular flexibility index (Phi) is 6.70. The lowest BCUT2D eigenvalue weighted by Crippen LogP contribution is -2.35. The van der Waals surface area contributed by atoms with Crippen molar-refractivity contribution in [1.82, 2.24) is 4.90 Å². The Bertz CT molecular complexity index is 413. The van der Waals surface area contributed by atoms with E-state index in [-0.39, 0.29) is 12.6 Å². The zero-order chi connectivity index (χ0) is 14.9. The third-order valence-corrected chi connectivity index (χ3v) is 4.12. The van der Waals surface area contributed by atoms with E-state index in [2.05, 4.69) is 4.90 Å². The molecular weight excluding hydrogens is 266 g/mol. The van der Waals surface area contributed by atoms with Gasteiger partial charge in [0.2, 0.25) is 0 Å². The van der Waals surface area contributed by atoms with Crippen LogP contribution >= 0.6 is 0 Å². The molecule has 0 bridgehead atoms. The Morgan fingerprint density at radius 1 is 1.24 bits per heavy atom. The second-order valence-electron chi connectivity index (χ2n) is 5.69. The predicted octanol–water partition coefficient (Wildman–Crippen LogP) is 2.21. The van der Waals surface area contributed by atoms with Gasteiger partial charge in [-0.1, -0.05) is 30.3 Å². The van der Waals surface area contributed by atoms with Gasteiger partial charge in [0.25, 0.3) is 0 Å². The number of aliphatic hydroxyl groups is 1. The second kappa shape index (κ2) is 8.80. The van der Waals surface area contributed by atoms with Gasteiger partial charge in [0.15, 0.2) is 0 Å². The molecule has 1 aliphatic heterocycles. The number of hydrogen-bond acceptors (Lipinski definition) is 4. The van der Waals surface area contributed by atoms with Crippen molar-refractivity contribution in [3.8, 4) is 0 Å². The summed E-state index contributed by atoms with van der Waals surface area (Å²) >= 11 is 0. The van der Waals surface area contributed by atoms with Crippen molar-refractivity contribution in [2.75, 3.05) is 26.2 Å². The van der Waals surface area contributed by atoms with Crippen LogP contribution in [0.15, 0.2) is 30.3 Å². The van der Waals surface area contributed by atoms with Crippen molar-refractivity contribution in [2.45, 2.75) is 32.3 Å². The summed E-state index contributed by atoms with van der Waals surface area (Å²) in [4.78, 5) is 14.1. The van der Waals surface area contributed by atoms with Gasteiger partial charge in [0, 0.05) is 13.2 Å². The molecule has 1 heterocycles. The van der Waals surface area contributed by atoms with E-state index in [1.54, 1.807) is 0 Å². The number of esters is 1. The molecule has 0 aliphatic carbocycles. The summed E-state index contributed by atoms with van der Waals surface area (Å²) in [7, 11) is 0. The summed E-state index contributed by atoms with van der Waals surface area (Å²) in [6.07, 6.45) is 3.61. The highest BCUT2D eigenvalue weighted by Gasteiger charge is 2.19. The minimum Gasteiger partial charge on any atom is -0.461 e. The number of benzene rings is 1. The van der Waals surface area contributed by atoms with Crippen molar-refractivity contribution in [2.24, 2.45) is 5.92 Å². The average Bonchev–Trinajstić information content (AvgIpc) is 2.53. The van der Waals surface area contributed by atoms with Gasteiger partial charge < -0.3 is 14.7 Å². The molecule has 0 atom stereocenters. The smallest absolute Gasteiger partial charge is 0.307 e. The topological polar surface area (TPSA) is 49.8 Å². The van der Waals surface area contributed by atoms with E-state index in [9.17, 15) is 4.79 Å². The molecule has 116 valence electrons. The monoisotopic (exact) mass is 291 g/mol. The van der Waals surface area contributed by atoms with Crippen LogP contribution in [0, 0.1) is 5.92 Å². The van der Waals surface area contributed by atoms with E-state index < -0.39 is 0 Å². The lowest BCUT2D eigenvalue weighted by Gasteiger charge is -2.31. The van der Waals surface area contributed by atoms with Crippen LogP contribution in [-0.4, -0.2) is 42.2 Å². The summed E-state index contributed by atoms with van der Waals surface area (Å²) in [5.41, 5.74) is 1.02. The lowest BCUT2D eigenvalue weighted by molar-refractivity contribution is -0.145. The molecule has 0 amide bonds. The number of piperidine rings is 1. The van der Waals surface area contributed by atoms with Crippen molar-refractivity contribution in [3.63, 3.8) is 0 Å². The lowest BCUT2D eigenvalue weighted by atomic mass is 9.94. The number of likely N-dealkylation sites (tertiary alicyclic amines) is 1. The third kappa shape index (κ3) is 5.86. The summed E-state index contributed by atoms with van der Waals surface area (Å²) in [5.74, 6) is 0.521. The highest BCUT2D eigenvalue weighted by molar-refractivity contribution is 5.69. The van der Waals surface area contributed by atoms with Gasteiger partial charge in [-0.2, -0.15) is 0 Å². The minimum atomic E-state index is -0.128. The van der Waals surface area contributed by atoms with E-state index in [4.69, 9.17) is 9.84 Å². The molecule has 0 aromatic heterocycles. The van der Waals surface area contributed by atoms with Crippen LogP contribution in [0.25, 0.3) is 0 Å². The first-order chi connectivity index (χ1) is 10.3. The van der Waals surface area contributed by atoms with Crippen LogP contribution in [-0.2, 0) is 16.1 Å². The normalized spacial score (nSPS) is 16.8. The standard InChI is InChI=1S/C17H25NO3/c19-13-9-15-6-10-18(11-7-15)12-8-17(20)21-14-16-4-2-1-3-5-16/h1-5,15,19H,6-14H2. The molecule has 1 aromatic carbocycles. The van der Waals surface area contributed by atoms with Crippen LogP contribution < -0.4 is 0 Å². The Labute approximate surface area is 126 Å². The van der Waals surface area contributed by atoms with Gasteiger partial charge in [-0.3, -0.25) is 4.79 Å². The van der Waals surface area contributed by atoms with E-state index >= 15 is 0 Å². The van der Waals surface area contributed by atoms with Gasteiger partial charge in [0.05, 0.1) is 6.42 Å². The average molecular weight is 291 g/mol. The number of carbonyl (C=O) groups excluding carboxylic acids is 1. The summed E-state index contributed by atoms with van der Waals surface area (Å²) in [6, 6.07) is 9.75. The molecule has 2 rings (SSSR count). The number of rotatable bonds is 7. The second-order valence-corrected chi connectivity index (χ2v) is 5.69. The molecule has 0 radical (unpaired) electrons. The van der Waals surface area contributed by atoms with Crippen LogP contribution in [0.5, 0.6) is 0 Å². The molecule has 1 aromatic rings. The number of nitrogens with zero attached hydrogens (tertiary/aromatic N) is 1. The molecule has 4 heteroatoms. The molecule has 0 saturated carbocycles. The fraction of sp³-hybridized carbons (Fsp3) is 0.588. The van der Waals surface area contributed by atoms with Crippen LogP contribution in [0.1, 0.15) is 31.2 Å². The van der Waals surface area contributed by atoms with E-state index in [1.807, 2.05) is 30.3 Å². The largest absolute Gasteiger partial charge is 0.461 e. The van der Waals surface area contributed by atoms with Gasteiger partial charge in [-0.15, -0.1) is 0 Å². The van der Waals surface area contributed by atoms with Crippen molar-refractivity contribution in [1.29, 1.82) is 0 Å². The highest BCUT2D eigenvalue weighted by Crippen LogP contribution is 2.20. The van der Waals surface area contributed by atoms with Crippen LogP contribution in [0.4, 0.5) is 0 Å². The zero-order valence-electron chi connectivity index (χ0n) is 12.5. The first-order valence-electron chi connectivity index (χ1n) is 7.80.